The van der Waals surface area contributed by atoms with Gasteiger partial charge in [-0.15, -0.1) is 0 Å². The number of aliphatic carboxylic acids is 1. The van der Waals surface area contributed by atoms with Gasteiger partial charge in [0.2, 0.25) is 0 Å². The second-order valence-electron chi connectivity index (χ2n) is 3.59. The highest BCUT2D eigenvalue weighted by Crippen LogP contribution is 2.34. The second kappa shape index (κ2) is 3.34. The lowest BCUT2D eigenvalue weighted by Gasteiger charge is -2.42. The Morgan fingerprint density at radius 3 is 2.47 bits per heavy atom. The maximum absolute atomic E-state index is 11.5. The number of nitrogens with zero attached hydrogens (tertiary/aromatic N) is 1. The summed E-state index contributed by atoms with van der Waals surface area (Å²) in [5.41, 5.74) is 0. The van der Waals surface area contributed by atoms with Gasteiger partial charge >= 0.3 is 5.97 Å². The number of sulfonamides is 1. The van der Waals surface area contributed by atoms with Gasteiger partial charge < -0.3 is 5.11 Å². The second-order valence-corrected chi connectivity index (χ2v) is 6.00. The van der Waals surface area contributed by atoms with Crippen LogP contribution < -0.4 is 0 Å². The molecule has 1 aliphatic rings. The van der Waals surface area contributed by atoms with Gasteiger partial charge in [-0.05, 0) is 13.8 Å². The summed E-state index contributed by atoms with van der Waals surface area (Å²) in [7, 11) is -3.61. The zero-order valence-corrected chi connectivity index (χ0v) is 9.11. The Morgan fingerprint density at radius 2 is 2.07 bits per heavy atom. The Balaban J connectivity index is 2.77. The van der Waals surface area contributed by atoms with Gasteiger partial charge in [0, 0.05) is 6.08 Å². The van der Waals surface area contributed by atoms with Gasteiger partial charge in [-0.25, -0.2) is 17.5 Å². The molecule has 0 bridgehead atoms. The van der Waals surface area contributed by atoms with Crippen molar-refractivity contribution in [2.45, 2.75) is 18.6 Å². The molecule has 0 aromatic heterocycles. The number of carbonyl (C=O) groups is 2. The first-order valence-corrected chi connectivity index (χ1v) is 5.61. The molecular weight excluding hydrogens is 222 g/mol. The fraction of sp³-hybridized carbons (Fsp3) is 0.500. The maximum atomic E-state index is 11.5. The topological polar surface area (TPSA) is 91.8 Å². The molecule has 0 aliphatic carbocycles. The molecule has 6 nitrogen and oxygen atoms in total. The number of carboxylic acids is 1. The lowest BCUT2D eigenvalue weighted by atomic mass is 10.2. The molecule has 15 heavy (non-hydrogen) atoms. The Bertz CT molecular complexity index is 434. The van der Waals surface area contributed by atoms with Crippen molar-refractivity contribution < 1.29 is 23.1 Å². The Labute approximate surface area is 87.2 Å². The number of carbonyl (C=O) groups excluding carboxylic acids is 1. The van der Waals surface area contributed by atoms with Gasteiger partial charge in [-0.1, -0.05) is 6.08 Å². The first-order chi connectivity index (χ1) is 6.71. The lowest BCUT2D eigenvalue weighted by Crippen LogP contribution is -2.67. The number of amides is 1. The summed E-state index contributed by atoms with van der Waals surface area (Å²) in [5, 5.41) is 8.28. The van der Waals surface area contributed by atoms with Crippen molar-refractivity contribution in [2.75, 3.05) is 6.54 Å². The molecule has 1 aliphatic heterocycles. The molecule has 0 spiro atoms. The largest absolute Gasteiger partial charge is 0.478 e. The van der Waals surface area contributed by atoms with Gasteiger partial charge in [0.15, 0.2) is 4.75 Å². The monoisotopic (exact) mass is 233 g/mol. The third-order valence-electron chi connectivity index (χ3n) is 2.21. The molecule has 1 rings (SSSR count). The van der Waals surface area contributed by atoms with E-state index < -0.39 is 26.6 Å². The molecule has 0 saturated carbocycles. The van der Waals surface area contributed by atoms with E-state index in [0.29, 0.717) is 4.31 Å². The van der Waals surface area contributed by atoms with E-state index in [2.05, 4.69) is 0 Å². The minimum atomic E-state index is -3.61. The predicted octanol–water partition coefficient (Wildman–Crippen LogP) is -0.422. The van der Waals surface area contributed by atoms with Crippen LogP contribution in [0, 0.1) is 0 Å². The Hall–Kier alpha value is -1.37. The molecule has 0 unspecified atom stereocenters. The quantitative estimate of drug-likeness (QED) is 0.668. The zero-order valence-electron chi connectivity index (χ0n) is 8.30. The number of hydrogen-bond acceptors (Lipinski definition) is 4. The summed E-state index contributed by atoms with van der Waals surface area (Å²) in [5.74, 6) is -1.70. The van der Waals surface area contributed by atoms with Crippen LogP contribution in [0.5, 0.6) is 0 Å². The standard InChI is InChI=1S/C8H11NO5S/c1-8(2)7(12)9(15(8,13)14)5-3-4-6(10)11/h3-4H,5H2,1-2H3,(H,10,11)/b4-3+. The van der Waals surface area contributed by atoms with Crippen LogP contribution in [0.25, 0.3) is 0 Å². The van der Waals surface area contributed by atoms with Crippen LogP contribution in [0.4, 0.5) is 0 Å². The fourth-order valence-electron chi connectivity index (χ4n) is 1.19. The molecule has 1 fully saturated rings. The smallest absolute Gasteiger partial charge is 0.328 e. The van der Waals surface area contributed by atoms with E-state index in [-0.39, 0.29) is 6.54 Å². The summed E-state index contributed by atoms with van der Waals surface area (Å²) in [6.07, 6.45) is 1.92. The van der Waals surface area contributed by atoms with Crippen molar-refractivity contribution in [2.24, 2.45) is 0 Å². The molecule has 0 aromatic carbocycles. The van der Waals surface area contributed by atoms with E-state index in [1.807, 2.05) is 0 Å². The molecule has 0 atom stereocenters. The van der Waals surface area contributed by atoms with Crippen molar-refractivity contribution in [3.8, 4) is 0 Å². The average Bonchev–Trinajstić information content (AvgIpc) is 2.10. The molecular formula is C8H11NO5S. The summed E-state index contributed by atoms with van der Waals surface area (Å²) < 4.78 is 22.2. The highest BCUT2D eigenvalue weighted by molar-refractivity contribution is 7.94. The average molecular weight is 233 g/mol. The molecule has 1 saturated heterocycles. The number of carboxylic acid groups (broad SMARTS) is 1. The third kappa shape index (κ3) is 1.63. The van der Waals surface area contributed by atoms with E-state index in [1.54, 1.807) is 0 Å². The molecule has 1 heterocycles. The highest BCUT2D eigenvalue weighted by Gasteiger charge is 2.59. The fourth-order valence-corrected chi connectivity index (χ4v) is 2.67. The van der Waals surface area contributed by atoms with Crippen LogP contribution in [0.15, 0.2) is 12.2 Å². The van der Waals surface area contributed by atoms with Crippen LogP contribution in [-0.2, 0) is 19.6 Å². The van der Waals surface area contributed by atoms with Crippen molar-refractivity contribution >= 4 is 21.9 Å². The summed E-state index contributed by atoms with van der Waals surface area (Å²) in [6, 6.07) is 0. The molecule has 84 valence electrons. The van der Waals surface area contributed by atoms with Crippen LogP contribution in [0.3, 0.4) is 0 Å². The summed E-state index contributed by atoms with van der Waals surface area (Å²) >= 11 is 0. The van der Waals surface area contributed by atoms with E-state index in [4.69, 9.17) is 5.11 Å². The van der Waals surface area contributed by atoms with Crippen molar-refractivity contribution in [1.29, 1.82) is 0 Å². The minimum absolute atomic E-state index is 0.225. The van der Waals surface area contributed by atoms with E-state index in [0.717, 1.165) is 12.2 Å². The zero-order chi connectivity index (χ0) is 11.9. The van der Waals surface area contributed by atoms with E-state index >= 15 is 0 Å². The summed E-state index contributed by atoms with van der Waals surface area (Å²) in [4.78, 5) is 21.5. The van der Waals surface area contributed by atoms with E-state index in [1.165, 1.54) is 13.8 Å². The van der Waals surface area contributed by atoms with Gasteiger partial charge in [-0.3, -0.25) is 4.79 Å². The minimum Gasteiger partial charge on any atom is -0.478 e. The van der Waals surface area contributed by atoms with Crippen LogP contribution in [0.2, 0.25) is 0 Å². The SMILES string of the molecule is CC1(C)C(=O)N(C/C=C/C(=O)O)S1(=O)=O. The Morgan fingerprint density at radius 1 is 1.53 bits per heavy atom. The molecule has 1 N–H and O–H groups in total. The third-order valence-corrected chi connectivity index (χ3v) is 4.57. The highest BCUT2D eigenvalue weighted by atomic mass is 32.2. The maximum Gasteiger partial charge on any atom is 0.328 e. The first kappa shape index (κ1) is 11.7. The van der Waals surface area contributed by atoms with Crippen molar-refractivity contribution in [3.05, 3.63) is 12.2 Å². The first-order valence-electron chi connectivity index (χ1n) is 4.17. The van der Waals surface area contributed by atoms with Crippen LogP contribution >= 0.6 is 0 Å². The molecule has 0 aromatic rings. The lowest BCUT2D eigenvalue weighted by molar-refractivity contribution is -0.133. The van der Waals surface area contributed by atoms with Crippen molar-refractivity contribution in [1.82, 2.24) is 4.31 Å². The van der Waals surface area contributed by atoms with Gasteiger partial charge in [0.25, 0.3) is 15.9 Å². The molecule has 0 radical (unpaired) electrons. The van der Waals surface area contributed by atoms with Gasteiger partial charge in [-0.2, -0.15) is 0 Å². The number of hydrogen-bond donors (Lipinski definition) is 1. The Kier molecular flexibility index (Phi) is 2.60. The van der Waals surface area contributed by atoms with Gasteiger partial charge in [0.05, 0.1) is 6.54 Å². The van der Waals surface area contributed by atoms with Crippen LogP contribution in [-0.4, -0.2) is 41.0 Å². The van der Waals surface area contributed by atoms with Crippen LogP contribution in [0.1, 0.15) is 13.8 Å². The van der Waals surface area contributed by atoms with Crippen molar-refractivity contribution in [3.63, 3.8) is 0 Å². The predicted molar refractivity (Wildman–Crippen MR) is 51.5 cm³/mol. The van der Waals surface area contributed by atoms with E-state index in [9.17, 15) is 18.0 Å². The normalized spacial score (nSPS) is 22.8. The molecule has 7 heteroatoms. The molecule has 1 amide bonds. The van der Waals surface area contributed by atoms with Gasteiger partial charge in [0.1, 0.15) is 0 Å². The number of rotatable bonds is 3. The summed E-state index contributed by atoms with van der Waals surface area (Å²) in [6.45, 7) is 2.42.